The first-order chi connectivity index (χ1) is 9.78. The van der Waals surface area contributed by atoms with Gasteiger partial charge in [0.15, 0.2) is 0 Å². The Morgan fingerprint density at radius 2 is 1.95 bits per heavy atom. The maximum absolute atomic E-state index is 12.6. The van der Waals surface area contributed by atoms with Gasteiger partial charge in [0.05, 0.1) is 12.1 Å². The number of piperidine rings is 1. The van der Waals surface area contributed by atoms with E-state index in [1.165, 1.54) is 11.1 Å². The molecule has 1 saturated heterocycles. The van der Waals surface area contributed by atoms with Gasteiger partial charge in [-0.15, -0.1) is 0 Å². The third-order valence-electron chi connectivity index (χ3n) is 4.47. The Balaban J connectivity index is 1.62. The first-order valence-corrected chi connectivity index (χ1v) is 7.39. The second kappa shape index (κ2) is 5.94. The van der Waals surface area contributed by atoms with Crippen LogP contribution >= 0.6 is 0 Å². The van der Waals surface area contributed by atoms with E-state index >= 15 is 0 Å². The van der Waals surface area contributed by atoms with Crippen molar-refractivity contribution >= 4 is 5.91 Å². The Kier molecular flexibility index (Phi) is 4.03. The van der Waals surface area contributed by atoms with Crippen LogP contribution in [0.5, 0.6) is 0 Å². The Morgan fingerprint density at radius 1 is 1.25 bits per heavy atom. The summed E-state index contributed by atoms with van der Waals surface area (Å²) in [6.07, 6.45) is 3.02. The van der Waals surface area contributed by atoms with Gasteiger partial charge in [-0.05, 0) is 30.4 Å². The SMILES string of the molecule is COC1CCN(C(=O)[C@@H]2Cc3ccccc3CN2)CC1. The molecule has 3 rings (SSSR count). The zero-order valence-corrected chi connectivity index (χ0v) is 12.0. The summed E-state index contributed by atoms with van der Waals surface area (Å²) in [6.45, 7) is 2.43. The number of ether oxygens (including phenoxy) is 1. The molecule has 4 nitrogen and oxygen atoms in total. The molecule has 0 bridgehead atoms. The number of nitrogens with one attached hydrogen (secondary N) is 1. The third-order valence-corrected chi connectivity index (χ3v) is 4.47. The smallest absolute Gasteiger partial charge is 0.240 e. The number of nitrogens with zero attached hydrogens (tertiary/aromatic N) is 1. The summed E-state index contributed by atoms with van der Waals surface area (Å²) < 4.78 is 5.36. The van der Waals surface area contributed by atoms with Crippen LogP contribution < -0.4 is 5.32 Å². The van der Waals surface area contributed by atoms with Crippen molar-refractivity contribution in [2.75, 3.05) is 20.2 Å². The summed E-state index contributed by atoms with van der Waals surface area (Å²) >= 11 is 0. The lowest BCUT2D eigenvalue weighted by Gasteiger charge is -2.35. The van der Waals surface area contributed by atoms with Crippen LogP contribution in [0.1, 0.15) is 24.0 Å². The van der Waals surface area contributed by atoms with E-state index in [0.717, 1.165) is 38.9 Å². The number of rotatable bonds is 2. The minimum Gasteiger partial charge on any atom is -0.381 e. The van der Waals surface area contributed by atoms with Crippen LogP contribution in [0.4, 0.5) is 0 Å². The number of benzene rings is 1. The van der Waals surface area contributed by atoms with E-state index in [1.54, 1.807) is 7.11 Å². The Hall–Kier alpha value is -1.39. The van der Waals surface area contributed by atoms with Gasteiger partial charge >= 0.3 is 0 Å². The van der Waals surface area contributed by atoms with E-state index in [1.807, 2.05) is 4.90 Å². The molecule has 1 N–H and O–H groups in total. The molecular weight excluding hydrogens is 252 g/mol. The van der Waals surface area contributed by atoms with Crippen LogP contribution in [-0.4, -0.2) is 43.2 Å². The van der Waals surface area contributed by atoms with Crippen molar-refractivity contribution in [3.05, 3.63) is 35.4 Å². The summed E-state index contributed by atoms with van der Waals surface area (Å²) in [7, 11) is 1.75. The van der Waals surface area contributed by atoms with Crippen LogP contribution in [0.3, 0.4) is 0 Å². The highest BCUT2D eigenvalue weighted by atomic mass is 16.5. The number of hydrogen-bond acceptors (Lipinski definition) is 3. The third kappa shape index (κ3) is 2.72. The first kappa shape index (κ1) is 13.6. The molecule has 2 aliphatic heterocycles. The summed E-state index contributed by atoms with van der Waals surface area (Å²) in [4.78, 5) is 14.6. The first-order valence-electron chi connectivity index (χ1n) is 7.39. The van der Waals surface area contributed by atoms with Crippen LogP contribution in [-0.2, 0) is 22.5 Å². The molecule has 1 fully saturated rings. The topological polar surface area (TPSA) is 41.6 Å². The molecule has 0 spiro atoms. The average Bonchev–Trinajstić information content (AvgIpc) is 2.54. The molecule has 2 aliphatic rings. The van der Waals surface area contributed by atoms with E-state index in [0.29, 0.717) is 6.10 Å². The van der Waals surface area contributed by atoms with E-state index in [9.17, 15) is 4.79 Å². The molecule has 0 aliphatic carbocycles. The van der Waals surface area contributed by atoms with Crippen molar-refractivity contribution < 1.29 is 9.53 Å². The molecule has 0 saturated carbocycles. The lowest BCUT2D eigenvalue weighted by atomic mass is 9.94. The second-order valence-electron chi connectivity index (χ2n) is 5.67. The summed E-state index contributed by atoms with van der Waals surface area (Å²) in [6, 6.07) is 8.30. The number of fused-ring (bicyclic) bond motifs is 1. The van der Waals surface area contributed by atoms with Crippen LogP contribution in [0.15, 0.2) is 24.3 Å². The second-order valence-corrected chi connectivity index (χ2v) is 5.67. The number of carbonyl (C=O) groups excluding carboxylic acids is 1. The summed E-state index contributed by atoms with van der Waals surface area (Å²) in [5.41, 5.74) is 2.62. The van der Waals surface area contributed by atoms with E-state index in [-0.39, 0.29) is 11.9 Å². The van der Waals surface area contributed by atoms with Gasteiger partial charge in [0.2, 0.25) is 5.91 Å². The van der Waals surface area contributed by atoms with Crippen molar-refractivity contribution in [1.29, 1.82) is 0 Å². The van der Waals surface area contributed by atoms with Gasteiger partial charge in [-0.2, -0.15) is 0 Å². The molecule has 2 heterocycles. The molecule has 0 unspecified atom stereocenters. The van der Waals surface area contributed by atoms with Crippen molar-refractivity contribution in [2.24, 2.45) is 0 Å². The zero-order valence-electron chi connectivity index (χ0n) is 12.0. The predicted octanol–water partition coefficient (Wildman–Crippen LogP) is 1.34. The highest BCUT2D eigenvalue weighted by Crippen LogP contribution is 2.19. The van der Waals surface area contributed by atoms with Gasteiger partial charge in [0.25, 0.3) is 0 Å². The van der Waals surface area contributed by atoms with Gasteiger partial charge in [-0.3, -0.25) is 4.79 Å². The van der Waals surface area contributed by atoms with Crippen LogP contribution in [0.25, 0.3) is 0 Å². The van der Waals surface area contributed by atoms with Crippen molar-refractivity contribution in [3.8, 4) is 0 Å². The minimum absolute atomic E-state index is 0.0657. The Morgan fingerprint density at radius 3 is 2.65 bits per heavy atom. The normalized spacial score (nSPS) is 23.4. The van der Waals surface area contributed by atoms with E-state index < -0.39 is 0 Å². The highest BCUT2D eigenvalue weighted by Gasteiger charge is 2.30. The number of carbonyl (C=O) groups is 1. The lowest BCUT2D eigenvalue weighted by molar-refractivity contribution is -0.136. The van der Waals surface area contributed by atoms with Crippen molar-refractivity contribution in [2.45, 2.75) is 38.0 Å². The fourth-order valence-electron chi connectivity index (χ4n) is 3.16. The standard InChI is InChI=1S/C16H22N2O2/c1-20-14-6-8-18(9-7-14)16(19)15-10-12-4-2-3-5-13(12)11-17-15/h2-5,14-15,17H,6-11H2,1H3/t15-/m0/s1. The lowest BCUT2D eigenvalue weighted by Crippen LogP contribution is -2.52. The Bertz CT molecular complexity index is 481. The van der Waals surface area contributed by atoms with Crippen molar-refractivity contribution in [1.82, 2.24) is 10.2 Å². The van der Waals surface area contributed by atoms with Crippen LogP contribution in [0, 0.1) is 0 Å². The number of likely N-dealkylation sites (tertiary alicyclic amines) is 1. The number of hydrogen-bond donors (Lipinski definition) is 1. The number of amides is 1. The van der Waals surface area contributed by atoms with Gasteiger partial charge in [0.1, 0.15) is 0 Å². The zero-order chi connectivity index (χ0) is 13.9. The van der Waals surface area contributed by atoms with E-state index in [4.69, 9.17) is 4.74 Å². The fraction of sp³-hybridized carbons (Fsp3) is 0.562. The monoisotopic (exact) mass is 274 g/mol. The highest BCUT2D eigenvalue weighted by molar-refractivity contribution is 5.82. The molecule has 20 heavy (non-hydrogen) atoms. The average molecular weight is 274 g/mol. The van der Waals surface area contributed by atoms with Crippen molar-refractivity contribution in [3.63, 3.8) is 0 Å². The van der Waals surface area contributed by atoms with Gasteiger partial charge in [-0.1, -0.05) is 24.3 Å². The Labute approximate surface area is 120 Å². The molecule has 1 aromatic carbocycles. The predicted molar refractivity (Wildman–Crippen MR) is 77.4 cm³/mol. The molecule has 1 aromatic rings. The molecule has 1 amide bonds. The largest absolute Gasteiger partial charge is 0.381 e. The van der Waals surface area contributed by atoms with E-state index in [2.05, 4.69) is 29.6 Å². The summed E-state index contributed by atoms with van der Waals surface area (Å²) in [5, 5.41) is 3.38. The van der Waals surface area contributed by atoms with Gasteiger partial charge in [0, 0.05) is 26.7 Å². The molecule has 4 heteroatoms. The maximum atomic E-state index is 12.6. The maximum Gasteiger partial charge on any atom is 0.240 e. The minimum atomic E-state index is -0.0657. The van der Waals surface area contributed by atoms with Gasteiger partial charge < -0.3 is 15.0 Å². The molecule has 0 aromatic heterocycles. The molecular formula is C16H22N2O2. The fourth-order valence-corrected chi connectivity index (χ4v) is 3.16. The molecule has 108 valence electrons. The van der Waals surface area contributed by atoms with Gasteiger partial charge in [-0.25, -0.2) is 0 Å². The molecule has 1 atom stereocenters. The van der Waals surface area contributed by atoms with Crippen LogP contribution in [0.2, 0.25) is 0 Å². The molecule has 0 radical (unpaired) electrons. The summed E-state index contributed by atoms with van der Waals surface area (Å²) in [5.74, 6) is 0.244. The quantitative estimate of drug-likeness (QED) is 0.885. The number of methoxy groups -OCH3 is 1.